The van der Waals surface area contributed by atoms with Crippen LogP contribution in [0.25, 0.3) is 11.3 Å². The van der Waals surface area contributed by atoms with Crippen LogP contribution in [0.4, 0.5) is 24.2 Å². The van der Waals surface area contributed by atoms with Crippen LogP contribution in [-0.2, 0) is 20.4 Å². The van der Waals surface area contributed by atoms with Crippen LogP contribution in [0.15, 0.2) is 46.2 Å². The number of halogens is 3. The molecule has 0 saturated carbocycles. The maximum atomic E-state index is 13.1. The van der Waals surface area contributed by atoms with Crippen molar-refractivity contribution in [1.82, 2.24) is 4.98 Å². The maximum Gasteiger partial charge on any atom is 0.433 e. The highest BCUT2D eigenvalue weighted by Gasteiger charge is 2.31. The normalized spacial score (nSPS) is 15.6. The van der Waals surface area contributed by atoms with E-state index in [1.807, 2.05) is 0 Å². The maximum absolute atomic E-state index is 13.1. The Bertz CT molecular complexity index is 1270. The van der Waals surface area contributed by atoms with E-state index in [1.54, 1.807) is 0 Å². The molecule has 2 aromatic heterocycles. The SMILES string of the molecule is O=C(OCC(=O)N(C[C@H]1CCCO1)c1nc(-c2cccc(C(F)(F)F)c2)cs1)c1ccc([N+](=O)[O-])o1. The number of ether oxygens (including phenoxy) is 2. The second kappa shape index (κ2) is 10.5. The summed E-state index contributed by atoms with van der Waals surface area (Å²) in [7, 11) is 0. The molecule has 0 aliphatic carbocycles. The standard InChI is InChI=1S/C22H18F3N3O7S/c23-22(24,25)14-4-1-3-13(9-14)16-12-36-21(26-16)27(10-15-5-2-8-33-15)18(29)11-34-20(30)17-6-7-19(35-17)28(31)32/h1,3-4,6-7,9,12,15H,2,5,8,10-11H2/t15-/m1/s1. The van der Waals surface area contributed by atoms with Crippen molar-refractivity contribution in [3.05, 3.63) is 63.2 Å². The summed E-state index contributed by atoms with van der Waals surface area (Å²) >= 11 is 1.04. The Kier molecular flexibility index (Phi) is 7.35. The molecule has 0 N–H and O–H groups in total. The summed E-state index contributed by atoms with van der Waals surface area (Å²) in [4.78, 5) is 40.6. The van der Waals surface area contributed by atoms with Crippen molar-refractivity contribution in [3.8, 4) is 11.3 Å². The largest absolute Gasteiger partial charge is 0.450 e. The molecule has 14 heteroatoms. The molecule has 1 atom stereocenters. The molecule has 1 aliphatic rings. The van der Waals surface area contributed by atoms with Gasteiger partial charge in [0.25, 0.3) is 5.91 Å². The van der Waals surface area contributed by atoms with Gasteiger partial charge in [-0.3, -0.25) is 19.8 Å². The summed E-state index contributed by atoms with van der Waals surface area (Å²) in [6, 6.07) is 6.70. The lowest BCUT2D eigenvalue weighted by Crippen LogP contribution is -2.40. The van der Waals surface area contributed by atoms with Gasteiger partial charge in [-0.1, -0.05) is 12.1 Å². The van der Waals surface area contributed by atoms with Crippen LogP contribution in [-0.4, -0.2) is 47.6 Å². The van der Waals surface area contributed by atoms with E-state index in [9.17, 15) is 32.9 Å². The van der Waals surface area contributed by atoms with Gasteiger partial charge in [0.15, 0.2) is 11.7 Å². The lowest BCUT2D eigenvalue weighted by molar-refractivity contribution is -0.402. The lowest BCUT2D eigenvalue weighted by Gasteiger charge is -2.22. The smallest absolute Gasteiger partial charge is 0.433 e. The average Bonchev–Trinajstić information content (AvgIpc) is 3.61. The number of nitro groups is 1. The fourth-order valence-electron chi connectivity index (χ4n) is 3.47. The fraction of sp³-hybridized carbons (Fsp3) is 0.318. The monoisotopic (exact) mass is 525 g/mol. The summed E-state index contributed by atoms with van der Waals surface area (Å²) in [5.74, 6) is -2.83. The minimum atomic E-state index is -4.52. The second-order valence-electron chi connectivity index (χ2n) is 7.70. The number of thiazole rings is 1. The highest BCUT2D eigenvalue weighted by molar-refractivity contribution is 7.14. The molecular formula is C22H18F3N3O7S. The van der Waals surface area contributed by atoms with Crippen molar-refractivity contribution in [1.29, 1.82) is 0 Å². The van der Waals surface area contributed by atoms with Crippen molar-refractivity contribution < 1.29 is 41.6 Å². The van der Waals surface area contributed by atoms with E-state index >= 15 is 0 Å². The number of nitrogens with zero attached hydrogens (tertiary/aromatic N) is 3. The van der Waals surface area contributed by atoms with Gasteiger partial charge in [-0.25, -0.2) is 9.78 Å². The number of carbonyl (C=O) groups excluding carboxylic acids is 2. The van der Waals surface area contributed by atoms with Gasteiger partial charge in [-0.2, -0.15) is 13.2 Å². The van der Waals surface area contributed by atoms with Gasteiger partial charge in [-0.05, 0) is 31.0 Å². The molecule has 10 nitrogen and oxygen atoms in total. The number of amides is 1. The average molecular weight is 525 g/mol. The lowest BCUT2D eigenvalue weighted by atomic mass is 10.1. The number of alkyl halides is 3. The summed E-state index contributed by atoms with van der Waals surface area (Å²) in [6.45, 7) is -0.108. The number of hydrogen-bond acceptors (Lipinski definition) is 9. The van der Waals surface area contributed by atoms with E-state index in [0.29, 0.717) is 13.0 Å². The van der Waals surface area contributed by atoms with Gasteiger partial charge in [0.1, 0.15) is 4.92 Å². The fourth-order valence-corrected chi connectivity index (χ4v) is 4.33. The number of anilines is 1. The Morgan fingerprint density at radius 1 is 1.28 bits per heavy atom. The van der Waals surface area contributed by atoms with E-state index in [0.717, 1.165) is 42.0 Å². The van der Waals surface area contributed by atoms with Crippen molar-refractivity contribution in [2.45, 2.75) is 25.1 Å². The Morgan fingerprint density at radius 3 is 2.75 bits per heavy atom. The molecular weight excluding hydrogens is 507 g/mol. The molecule has 190 valence electrons. The Labute approximate surface area is 205 Å². The Balaban J connectivity index is 1.51. The van der Waals surface area contributed by atoms with Crippen LogP contribution >= 0.6 is 11.3 Å². The molecule has 4 rings (SSSR count). The Hall–Kier alpha value is -3.78. The highest BCUT2D eigenvalue weighted by Crippen LogP contribution is 2.34. The van der Waals surface area contributed by atoms with Crippen LogP contribution in [0, 0.1) is 10.1 Å². The van der Waals surface area contributed by atoms with E-state index in [1.165, 1.54) is 22.4 Å². The van der Waals surface area contributed by atoms with Crippen LogP contribution in [0.5, 0.6) is 0 Å². The first-order valence-electron chi connectivity index (χ1n) is 10.6. The first kappa shape index (κ1) is 25.3. The van der Waals surface area contributed by atoms with Gasteiger partial charge in [0, 0.05) is 17.6 Å². The van der Waals surface area contributed by atoms with E-state index in [-0.39, 0.29) is 29.0 Å². The van der Waals surface area contributed by atoms with Crippen molar-refractivity contribution in [2.75, 3.05) is 24.7 Å². The number of aromatic nitrogens is 1. The van der Waals surface area contributed by atoms with Crippen LogP contribution in [0.2, 0.25) is 0 Å². The molecule has 0 spiro atoms. The molecule has 1 saturated heterocycles. The molecule has 1 aromatic carbocycles. The molecule has 1 fully saturated rings. The number of furan rings is 1. The zero-order chi connectivity index (χ0) is 25.9. The predicted molar refractivity (Wildman–Crippen MR) is 120 cm³/mol. The minimum Gasteiger partial charge on any atom is -0.450 e. The van der Waals surface area contributed by atoms with Gasteiger partial charge in [-0.15, -0.1) is 11.3 Å². The zero-order valence-corrected chi connectivity index (χ0v) is 19.2. The van der Waals surface area contributed by atoms with Crippen LogP contribution in [0.1, 0.15) is 29.0 Å². The third kappa shape index (κ3) is 5.88. The first-order valence-corrected chi connectivity index (χ1v) is 11.5. The van der Waals surface area contributed by atoms with Crippen LogP contribution in [0.3, 0.4) is 0 Å². The summed E-state index contributed by atoms with van der Waals surface area (Å²) in [5, 5.41) is 12.4. The van der Waals surface area contributed by atoms with Crippen molar-refractivity contribution in [3.63, 3.8) is 0 Å². The molecule has 0 unspecified atom stereocenters. The molecule has 0 radical (unpaired) electrons. The van der Waals surface area contributed by atoms with E-state index < -0.39 is 46.8 Å². The summed E-state index contributed by atoms with van der Waals surface area (Å²) in [6.07, 6.45) is -3.33. The van der Waals surface area contributed by atoms with Crippen LogP contribution < -0.4 is 4.90 Å². The molecule has 0 bridgehead atoms. The quantitative estimate of drug-likeness (QED) is 0.235. The molecule has 3 heterocycles. The van der Waals surface area contributed by atoms with E-state index in [4.69, 9.17) is 13.9 Å². The Morgan fingerprint density at radius 2 is 2.08 bits per heavy atom. The topological polar surface area (TPSA) is 125 Å². The minimum absolute atomic E-state index is 0.0954. The third-order valence-electron chi connectivity index (χ3n) is 5.22. The van der Waals surface area contributed by atoms with Crippen molar-refractivity contribution >= 4 is 34.2 Å². The number of carbonyl (C=O) groups is 2. The first-order chi connectivity index (χ1) is 17.1. The number of benzene rings is 1. The number of rotatable bonds is 8. The second-order valence-corrected chi connectivity index (χ2v) is 8.54. The summed E-state index contributed by atoms with van der Waals surface area (Å²) < 4.78 is 54.6. The molecule has 36 heavy (non-hydrogen) atoms. The van der Waals surface area contributed by atoms with Gasteiger partial charge >= 0.3 is 18.0 Å². The van der Waals surface area contributed by atoms with Gasteiger partial charge < -0.3 is 13.9 Å². The molecule has 1 aliphatic heterocycles. The number of hydrogen-bond donors (Lipinski definition) is 0. The van der Waals surface area contributed by atoms with Crippen molar-refractivity contribution in [2.24, 2.45) is 0 Å². The van der Waals surface area contributed by atoms with E-state index in [2.05, 4.69) is 4.98 Å². The third-order valence-corrected chi connectivity index (χ3v) is 6.08. The number of esters is 1. The highest BCUT2D eigenvalue weighted by atomic mass is 32.1. The zero-order valence-electron chi connectivity index (χ0n) is 18.4. The predicted octanol–water partition coefficient (Wildman–Crippen LogP) is 4.70. The van der Waals surface area contributed by atoms with Gasteiger partial charge in [0.05, 0.1) is 30.0 Å². The summed E-state index contributed by atoms with van der Waals surface area (Å²) in [5.41, 5.74) is -0.360. The van der Waals surface area contributed by atoms with Gasteiger partial charge in [0.2, 0.25) is 5.76 Å². The molecule has 3 aromatic rings. The molecule has 1 amide bonds.